The molecule has 1 aromatic rings. The van der Waals surface area contributed by atoms with Gasteiger partial charge in [0.1, 0.15) is 5.60 Å². The van der Waals surface area contributed by atoms with E-state index in [4.69, 9.17) is 4.74 Å². The first-order valence-electron chi connectivity index (χ1n) is 7.59. The monoisotopic (exact) mass is 319 g/mol. The standard InChI is InChI=1S/C17H25N3O3/c1-13(8-11-20-16(22)23-17(2,3)4)15(21)19-12-9-14-7-5-6-10-18-14/h5-8,10H,9,11-12H2,1-4H3,(H,19,21)(H,20,22). The van der Waals surface area contributed by atoms with Crippen LogP contribution in [0.4, 0.5) is 4.79 Å². The molecule has 2 N–H and O–H groups in total. The minimum atomic E-state index is -0.536. The average Bonchev–Trinajstić information content (AvgIpc) is 2.46. The largest absolute Gasteiger partial charge is 0.444 e. The molecule has 23 heavy (non-hydrogen) atoms. The second-order valence-electron chi connectivity index (χ2n) is 6.10. The van der Waals surface area contributed by atoms with Gasteiger partial charge in [-0.3, -0.25) is 9.78 Å². The Kier molecular flexibility index (Phi) is 7.25. The maximum Gasteiger partial charge on any atom is 0.407 e. The number of rotatable bonds is 6. The van der Waals surface area contributed by atoms with Gasteiger partial charge in [0.2, 0.25) is 5.91 Å². The van der Waals surface area contributed by atoms with Crippen LogP contribution in [-0.4, -0.2) is 35.7 Å². The minimum Gasteiger partial charge on any atom is -0.444 e. The van der Waals surface area contributed by atoms with Gasteiger partial charge in [-0.1, -0.05) is 12.1 Å². The van der Waals surface area contributed by atoms with Crippen LogP contribution in [0.15, 0.2) is 36.0 Å². The van der Waals surface area contributed by atoms with Crippen LogP contribution in [0.1, 0.15) is 33.4 Å². The van der Waals surface area contributed by atoms with Crippen LogP contribution >= 0.6 is 0 Å². The van der Waals surface area contributed by atoms with Crippen LogP contribution < -0.4 is 10.6 Å². The summed E-state index contributed by atoms with van der Waals surface area (Å²) in [5.74, 6) is -0.160. The average molecular weight is 319 g/mol. The maximum atomic E-state index is 11.9. The molecule has 0 unspecified atom stereocenters. The van der Waals surface area contributed by atoms with Gasteiger partial charge in [0, 0.05) is 37.0 Å². The highest BCUT2D eigenvalue weighted by molar-refractivity contribution is 5.92. The summed E-state index contributed by atoms with van der Waals surface area (Å²) in [5, 5.41) is 5.40. The Morgan fingerprint density at radius 2 is 2.00 bits per heavy atom. The van der Waals surface area contributed by atoms with Crippen molar-refractivity contribution in [3.05, 3.63) is 41.7 Å². The quantitative estimate of drug-likeness (QED) is 0.788. The summed E-state index contributed by atoms with van der Waals surface area (Å²) in [6.07, 6.45) is 3.55. The Labute approximate surface area is 137 Å². The zero-order valence-corrected chi connectivity index (χ0v) is 14.2. The number of hydrogen-bond acceptors (Lipinski definition) is 4. The zero-order valence-electron chi connectivity index (χ0n) is 14.2. The molecule has 1 aromatic heterocycles. The molecular formula is C17H25N3O3. The third-order valence-corrected chi connectivity index (χ3v) is 2.80. The van der Waals surface area contributed by atoms with Gasteiger partial charge in [-0.2, -0.15) is 0 Å². The fourth-order valence-electron chi connectivity index (χ4n) is 1.68. The van der Waals surface area contributed by atoms with Crippen molar-refractivity contribution in [2.45, 2.75) is 39.7 Å². The number of aromatic nitrogens is 1. The molecule has 0 fully saturated rings. The van der Waals surface area contributed by atoms with E-state index in [0.717, 1.165) is 5.69 Å². The molecule has 126 valence electrons. The summed E-state index contributed by atoms with van der Waals surface area (Å²) in [5.41, 5.74) is 0.939. The molecule has 0 aliphatic heterocycles. The number of carbonyl (C=O) groups is 2. The summed E-state index contributed by atoms with van der Waals surface area (Å²) in [6.45, 7) is 7.84. The molecule has 6 heteroatoms. The lowest BCUT2D eigenvalue weighted by Crippen LogP contribution is -2.33. The van der Waals surface area contributed by atoms with E-state index >= 15 is 0 Å². The fraction of sp³-hybridized carbons (Fsp3) is 0.471. The smallest absolute Gasteiger partial charge is 0.407 e. The Balaban J connectivity index is 2.28. The molecule has 6 nitrogen and oxygen atoms in total. The molecule has 0 atom stereocenters. The Hall–Kier alpha value is -2.37. The van der Waals surface area contributed by atoms with Crippen LogP contribution in [0.5, 0.6) is 0 Å². The van der Waals surface area contributed by atoms with Crippen LogP contribution in [0.2, 0.25) is 0 Å². The molecular weight excluding hydrogens is 294 g/mol. The van der Waals surface area contributed by atoms with E-state index in [1.165, 1.54) is 0 Å². The highest BCUT2D eigenvalue weighted by atomic mass is 16.6. The van der Waals surface area contributed by atoms with Gasteiger partial charge in [-0.15, -0.1) is 0 Å². The number of nitrogens with zero attached hydrogens (tertiary/aromatic N) is 1. The van der Waals surface area contributed by atoms with Gasteiger partial charge in [0.25, 0.3) is 0 Å². The summed E-state index contributed by atoms with van der Waals surface area (Å²) in [6, 6.07) is 5.68. The van der Waals surface area contributed by atoms with Gasteiger partial charge < -0.3 is 15.4 Å². The van der Waals surface area contributed by atoms with Gasteiger partial charge in [-0.25, -0.2) is 4.79 Å². The lowest BCUT2D eigenvalue weighted by Gasteiger charge is -2.19. The fourth-order valence-corrected chi connectivity index (χ4v) is 1.68. The van der Waals surface area contributed by atoms with E-state index in [0.29, 0.717) is 18.5 Å². The SMILES string of the molecule is CC(=CCNC(=O)OC(C)(C)C)C(=O)NCCc1ccccn1. The third-order valence-electron chi connectivity index (χ3n) is 2.80. The van der Waals surface area contributed by atoms with E-state index in [2.05, 4.69) is 15.6 Å². The van der Waals surface area contributed by atoms with Crippen molar-refractivity contribution >= 4 is 12.0 Å². The van der Waals surface area contributed by atoms with Crippen molar-refractivity contribution < 1.29 is 14.3 Å². The molecule has 2 amide bonds. The first kappa shape index (κ1) is 18.7. The van der Waals surface area contributed by atoms with E-state index < -0.39 is 11.7 Å². The predicted molar refractivity (Wildman–Crippen MR) is 88.9 cm³/mol. The molecule has 0 spiro atoms. The minimum absolute atomic E-state index is 0.160. The van der Waals surface area contributed by atoms with Crippen molar-refractivity contribution in [1.29, 1.82) is 0 Å². The Morgan fingerprint density at radius 3 is 2.61 bits per heavy atom. The van der Waals surface area contributed by atoms with Gasteiger partial charge in [-0.05, 0) is 39.8 Å². The molecule has 1 heterocycles. The van der Waals surface area contributed by atoms with Gasteiger partial charge in [0.05, 0.1) is 0 Å². The number of carbonyl (C=O) groups excluding carboxylic acids is 2. The first-order valence-corrected chi connectivity index (χ1v) is 7.59. The van der Waals surface area contributed by atoms with Gasteiger partial charge in [0.15, 0.2) is 0 Å². The van der Waals surface area contributed by atoms with Crippen molar-refractivity contribution in [1.82, 2.24) is 15.6 Å². The second kappa shape index (κ2) is 8.92. The lowest BCUT2D eigenvalue weighted by molar-refractivity contribution is -0.117. The number of nitrogens with one attached hydrogen (secondary N) is 2. The molecule has 0 aliphatic rings. The van der Waals surface area contributed by atoms with Gasteiger partial charge >= 0.3 is 6.09 Å². The topological polar surface area (TPSA) is 80.3 Å². The lowest BCUT2D eigenvalue weighted by atomic mass is 10.2. The van der Waals surface area contributed by atoms with E-state index in [1.54, 1.807) is 40.0 Å². The summed E-state index contributed by atoms with van der Waals surface area (Å²) in [4.78, 5) is 27.6. The predicted octanol–water partition coefficient (Wildman–Crippen LogP) is 2.21. The molecule has 0 aromatic carbocycles. The highest BCUT2D eigenvalue weighted by Crippen LogP contribution is 2.06. The van der Waals surface area contributed by atoms with Crippen LogP contribution in [-0.2, 0) is 16.0 Å². The van der Waals surface area contributed by atoms with Crippen LogP contribution in [0.25, 0.3) is 0 Å². The molecule has 0 saturated carbocycles. The summed E-state index contributed by atoms with van der Waals surface area (Å²) >= 11 is 0. The molecule has 0 radical (unpaired) electrons. The van der Waals surface area contributed by atoms with E-state index in [-0.39, 0.29) is 12.5 Å². The normalized spacial score (nSPS) is 11.7. The first-order chi connectivity index (χ1) is 10.8. The number of alkyl carbamates (subject to hydrolysis) is 1. The van der Waals surface area contributed by atoms with Crippen LogP contribution in [0, 0.1) is 0 Å². The number of hydrogen-bond donors (Lipinski definition) is 2. The van der Waals surface area contributed by atoms with Crippen LogP contribution in [0.3, 0.4) is 0 Å². The van der Waals surface area contributed by atoms with Crippen molar-refractivity contribution in [3.63, 3.8) is 0 Å². The number of amides is 2. The summed E-state index contributed by atoms with van der Waals surface area (Å²) in [7, 11) is 0. The molecule has 1 rings (SSSR count). The molecule has 0 bridgehead atoms. The molecule has 0 saturated heterocycles. The molecule has 0 aliphatic carbocycles. The zero-order chi connectivity index (χ0) is 17.3. The summed E-state index contributed by atoms with van der Waals surface area (Å²) < 4.78 is 5.11. The van der Waals surface area contributed by atoms with Crippen molar-refractivity contribution in [3.8, 4) is 0 Å². The number of pyridine rings is 1. The Bertz CT molecular complexity index is 548. The van der Waals surface area contributed by atoms with E-state index in [9.17, 15) is 9.59 Å². The van der Waals surface area contributed by atoms with Crippen molar-refractivity contribution in [2.24, 2.45) is 0 Å². The number of ether oxygens (including phenoxy) is 1. The van der Waals surface area contributed by atoms with Crippen molar-refractivity contribution in [2.75, 3.05) is 13.1 Å². The second-order valence-corrected chi connectivity index (χ2v) is 6.10. The van der Waals surface area contributed by atoms with E-state index in [1.807, 2.05) is 18.2 Å². The third kappa shape index (κ3) is 8.60. The maximum absolute atomic E-state index is 11.9. The highest BCUT2D eigenvalue weighted by Gasteiger charge is 2.15. The Morgan fingerprint density at radius 1 is 1.26 bits per heavy atom.